The standard InChI is InChI=1S/C26H30O5/c1-17(2)6-5-7-19(4)14-23-26(16-24(28)31-23)15-21(12-13-22(26)27)30-25(29)20-10-8-18(3)9-11-20/h6,8-14,21,23H,5,7,15-16H2,1-4H3/b19-14+/t21-,23-,26?/m1/s1. The SMILES string of the molecule is CC(C)=CCC/C(C)=C/[C@H]1OC(=O)CC12C[C@H](OC(=O)c1ccc(C)cc1)C=CC2=O. The van der Waals surface area contributed by atoms with Gasteiger partial charge in [-0.15, -0.1) is 0 Å². The van der Waals surface area contributed by atoms with Crippen molar-refractivity contribution in [2.45, 2.75) is 65.6 Å². The van der Waals surface area contributed by atoms with Crippen LogP contribution in [0.3, 0.4) is 0 Å². The van der Waals surface area contributed by atoms with Crippen molar-refractivity contribution in [3.05, 3.63) is 70.8 Å². The number of rotatable bonds is 6. The number of hydrogen-bond acceptors (Lipinski definition) is 5. The lowest BCUT2D eigenvalue weighted by molar-refractivity contribution is -0.140. The Kier molecular flexibility index (Phi) is 6.94. The van der Waals surface area contributed by atoms with Gasteiger partial charge in [0.15, 0.2) is 5.78 Å². The molecule has 3 rings (SSSR count). The molecule has 164 valence electrons. The molecule has 0 saturated carbocycles. The van der Waals surface area contributed by atoms with Crippen molar-refractivity contribution in [1.82, 2.24) is 0 Å². The summed E-state index contributed by atoms with van der Waals surface area (Å²) in [5.41, 5.74) is 2.79. The van der Waals surface area contributed by atoms with Gasteiger partial charge in [-0.2, -0.15) is 0 Å². The van der Waals surface area contributed by atoms with Gasteiger partial charge in [-0.3, -0.25) is 9.59 Å². The second-order valence-corrected chi connectivity index (χ2v) is 8.81. The highest BCUT2D eigenvalue weighted by atomic mass is 16.6. The van der Waals surface area contributed by atoms with Crippen LogP contribution in [0.15, 0.2) is 59.7 Å². The molecule has 0 radical (unpaired) electrons. The molecule has 2 aliphatic rings. The van der Waals surface area contributed by atoms with Crippen molar-refractivity contribution in [3.8, 4) is 0 Å². The van der Waals surface area contributed by atoms with E-state index in [1.807, 2.05) is 32.1 Å². The Morgan fingerprint density at radius 2 is 1.90 bits per heavy atom. The molecule has 31 heavy (non-hydrogen) atoms. The van der Waals surface area contributed by atoms with E-state index < -0.39 is 29.6 Å². The molecule has 1 aromatic carbocycles. The molecular formula is C26H30O5. The molecule has 0 N–H and O–H groups in total. The lowest BCUT2D eigenvalue weighted by Crippen LogP contribution is -2.43. The van der Waals surface area contributed by atoms with E-state index in [-0.39, 0.29) is 18.6 Å². The summed E-state index contributed by atoms with van der Waals surface area (Å²) in [5.74, 6) is -1.00. The summed E-state index contributed by atoms with van der Waals surface area (Å²) < 4.78 is 11.2. The van der Waals surface area contributed by atoms with Crippen LogP contribution < -0.4 is 0 Å². The van der Waals surface area contributed by atoms with E-state index in [1.165, 1.54) is 11.6 Å². The first-order chi connectivity index (χ1) is 14.7. The van der Waals surface area contributed by atoms with E-state index in [4.69, 9.17) is 9.47 Å². The second-order valence-electron chi connectivity index (χ2n) is 8.81. The minimum absolute atomic E-state index is 0.00280. The quantitative estimate of drug-likeness (QED) is 0.474. The van der Waals surface area contributed by atoms with Gasteiger partial charge in [0.1, 0.15) is 12.2 Å². The van der Waals surface area contributed by atoms with Gasteiger partial charge in [0.05, 0.1) is 17.4 Å². The number of esters is 2. The van der Waals surface area contributed by atoms with Gasteiger partial charge in [0, 0.05) is 6.42 Å². The minimum atomic E-state index is -1.03. The fourth-order valence-electron chi connectivity index (χ4n) is 4.06. The van der Waals surface area contributed by atoms with Crippen LogP contribution in [0.2, 0.25) is 0 Å². The number of carbonyl (C=O) groups excluding carboxylic acids is 3. The van der Waals surface area contributed by atoms with Crippen LogP contribution in [0.4, 0.5) is 0 Å². The highest BCUT2D eigenvalue weighted by molar-refractivity contribution is 6.00. The van der Waals surface area contributed by atoms with Crippen molar-refractivity contribution in [2.75, 3.05) is 0 Å². The van der Waals surface area contributed by atoms with Gasteiger partial charge in [0.2, 0.25) is 0 Å². The number of carbonyl (C=O) groups is 3. The maximum absolute atomic E-state index is 12.9. The Bertz CT molecular complexity index is 947. The van der Waals surface area contributed by atoms with Gasteiger partial charge < -0.3 is 9.47 Å². The molecule has 0 bridgehead atoms. The molecule has 1 unspecified atom stereocenters. The summed E-state index contributed by atoms with van der Waals surface area (Å²) in [4.78, 5) is 37.6. The van der Waals surface area contributed by atoms with Crippen LogP contribution in [0, 0.1) is 12.3 Å². The first-order valence-electron chi connectivity index (χ1n) is 10.7. The minimum Gasteiger partial charge on any atom is -0.457 e. The summed E-state index contributed by atoms with van der Waals surface area (Å²) in [6.45, 7) is 8.03. The summed E-state index contributed by atoms with van der Waals surface area (Å²) in [7, 11) is 0. The zero-order valence-electron chi connectivity index (χ0n) is 18.6. The highest BCUT2D eigenvalue weighted by Gasteiger charge is 2.55. The first kappa shape index (κ1) is 22.7. The molecule has 1 heterocycles. The Labute approximate surface area is 183 Å². The second kappa shape index (κ2) is 9.46. The normalized spacial score (nSPS) is 25.5. The lowest BCUT2D eigenvalue weighted by Gasteiger charge is -2.34. The van der Waals surface area contributed by atoms with Crippen LogP contribution >= 0.6 is 0 Å². The topological polar surface area (TPSA) is 69.7 Å². The van der Waals surface area contributed by atoms with Crippen molar-refractivity contribution < 1.29 is 23.9 Å². The number of benzene rings is 1. The van der Waals surface area contributed by atoms with Crippen LogP contribution in [0.25, 0.3) is 0 Å². The van der Waals surface area contributed by atoms with Gasteiger partial charge >= 0.3 is 11.9 Å². The van der Waals surface area contributed by atoms with Crippen molar-refractivity contribution in [2.24, 2.45) is 5.41 Å². The maximum Gasteiger partial charge on any atom is 0.338 e. The fourth-order valence-corrected chi connectivity index (χ4v) is 4.06. The molecule has 1 saturated heterocycles. The van der Waals surface area contributed by atoms with E-state index in [9.17, 15) is 14.4 Å². The van der Waals surface area contributed by atoms with Crippen LogP contribution in [0.5, 0.6) is 0 Å². The number of cyclic esters (lactones) is 1. The highest BCUT2D eigenvalue weighted by Crippen LogP contribution is 2.45. The van der Waals surface area contributed by atoms with E-state index in [2.05, 4.69) is 19.9 Å². The molecule has 1 aliphatic carbocycles. The van der Waals surface area contributed by atoms with Crippen LogP contribution in [0.1, 0.15) is 62.4 Å². The van der Waals surface area contributed by atoms with E-state index >= 15 is 0 Å². The van der Waals surface area contributed by atoms with Gasteiger partial charge in [-0.1, -0.05) is 34.9 Å². The Hall–Kier alpha value is -2.95. The summed E-state index contributed by atoms with van der Waals surface area (Å²) >= 11 is 0. The monoisotopic (exact) mass is 422 g/mol. The lowest BCUT2D eigenvalue weighted by atomic mass is 9.69. The van der Waals surface area contributed by atoms with E-state index in [0.717, 1.165) is 24.0 Å². The van der Waals surface area contributed by atoms with Gasteiger partial charge in [-0.05, 0) is 70.9 Å². The molecule has 5 nitrogen and oxygen atoms in total. The molecular weight excluding hydrogens is 392 g/mol. The predicted octanol–water partition coefficient (Wildman–Crippen LogP) is 5.04. The Balaban J connectivity index is 1.76. The number of ether oxygens (including phenoxy) is 2. The largest absolute Gasteiger partial charge is 0.457 e. The molecule has 1 spiro atoms. The zero-order chi connectivity index (χ0) is 22.6. The summed E-state index contributed by atoms with van der Waals surface area (Å²) in [6, 6.07) is 7.13. The van der Waals surface area contributed by atoms with E-state index in [1.54, 1.807) is 18.2 Å². The summed E-state index contributed by atoms with van der Waals surface area (Å²) in [5, 5.41) is 0. The third kappa shape index (κ3) is 5.40. The number of ketones is 1. The van der Waals surface area contributed by atoms with Crippen molar-refractivity contribution in [1.29, 1.82) is 0 Å². The van der Waals surface area contributed by atoms with Crippen molar-refractivity contribution in [3.63, 3.8) is 0 Å². The third-order valence-corrected chi connectivity index (χ3v) is 5.85. The first-order valence-corrected chi connectivity index (χ1v) is 10.7. The molecule has 3 atom stereocenters. The van der Waals surface area contributed by atoms with Crippen LogP contribution in [-0.4, -0.2) is 29.9 Å². The van der Waals surface area contributed by atoms with Gasteiger partial charge in [0.25, 0.3) is 0 Å². The maximum atomic E-state index is 12.9. The average Bonchev–Trinajstić information content (AvgIpc) is 3.00. The van der Waals surface area contributed by atoms with Crippen molar-refractivity contribution >= 4 is 17.7 Å². The third-order valence-electron chi connectivity index (χ3n) is 5.85. The molecule has 1 aromatic rings. The Morgan fingerprint density at radius 3 is 2.58 bits per heavy atom. The number of allylic oxidation sites excluding steroid dienone is 4. The average molecular weight is 423 g/mol. The Morgan fingerprint density at radius 1 is 1.19 bits per heavy atom. The molecule has 1 fully saturated rings. The molecule has 1 aliphatic heterocycles. The van der Waals surface area contributed by atoms with Gasteiger partial charge in [-0.25, -0.2) is 4.79 Å². The zero-order valence-corrected chi connectivity index (χ0v) is 18.6. The number of hydrogen-bond donors (Lipinski definition) is 0. The molecule has 0 aromatic heterocycles. The smallest absolute Gasteiger partial charge is 0.338 e. The predicted molar refractivity (Wildman–Crippen MR) is 118 cm³/mol. The summed E-state index contributed by atoms with van der Waals surface area (Å²) in [6.07, 6.45) is 7.78. The molecule has 5 heteroatoms. The number of aryl methyl sites for hydroxylation is 1. The van der Waals surface area contributed by atoms with E-state index in [0.29, 0.717) is 5.56 Å². The fraction of sp³-hybridized carbons (Fsp3) is 0.423. The van der Waals surface area contributed by atoms with Crippen LogP contribution in [-0.2, 0) is 19.1 Å². The molecule has 0 amide bonds.